The Morgan fingerprint density at radius 1 is 0.882 bits per heavy atom. The minimum atomic E-state index is 0.598. The number of methoxy groups -OCH3 is 4. The van der Waals surface area contributed by atoms with Gasteiger partial charge < -0.3 is 18.9 Å². The maximum absolute atomic E-state index is 5.17. The molecule has 0 radical (unpaired) electrons. The number of ether oxygens (including phenoxy) is 4. The van der Waals surface area contributed by atoms with Crippen molar-refractivity contribution in [2.45, 2.75) is 0 Å². The Morgan fingerprint density at radius 3 is 1.53 bits per heavy atom. The summed E-state index contributed by atoms with van der Waals surface area (Å²) >= 11 is 0. The Balaban J connectivity index is 0.000000770. The average Bonchev–Trinajstić information content (AvgIpc) is 2.37. The molecule has 0 aliphatic carbocycles. The normalized spacial score (nSPS) is 8.76. The molecule has 0 heterocycles. The van der Waals surface area contributed by atoms with E-state index in [2.05, 4.69) is 11.3 Å². The van der Waals surface area contributed by atoms with Crippen molar-refractivity contribution >= 4 is 6.08 Å². The van der Waals surface area contributed by atoms with Gasteiger partial charge in [0.25, 0.3) is 0 Å². The van der Waals surface area contributed by atoms with Gasteiger partial charge in [-0.1, -0.05) is 12.7 Å². The van der Waals surface area contributed by atoms with Crippen molar-refractivity contribution in [3.63, 3.8) is 0 Å². The van der Waals surface area contributed by atoms with E-state index in [1.807, 2.05) is 12.1 Å². The van der Waals surface area contributed by atoms with Gasteiger partial charge in [0.1, 0.15) is 0 Å². The molecule has 17 heavy (non-hydrogen) atoms. The zero-order chi connectivity index (χ0) is 13.3. The van der Waals surface area contributed by atoms with Crippen LogP contribution in [0.1, 0.15) is 5.56 Å². The highest BCUT2D eigenvalue weighted by molar-refractivity contribution is 5.61. The van der Waals surface area contributed by atoms with Gasteiger partial charge in [0.05, 0.1) is 21.3 Å². The summed E-state index contributed by atoms with van der Waals surface area (Å²) in [5, 5.41) is 0. The van der Waals surface area contributed by atoms with Crippen LogP contribution in [0.15, 0.2) is 18.7 Å². The third-order valence-corrected chi connectivity index (χ3v) is 1.92. The van der Waals surface area contributed by atoms with Crippen molar-refractivity contribution in [3.8, 4) is 17.2 Å². The number of benzene rings is 1. The highest BCUT2D eigenvalue weighted by Gasteiger charge is 2.11. The highest BCUT2D eigenvalue weighted by atomic mass is 16.5. The van der Waals surface area contributed by atoms with E-state index in [-0.39, 0.29) is 0 Å². The van der Waals surface area contributed by atoms with Gasteiger partial charge >= 0.3 is 0 Å². The Labute approximate surface area is 103 Å². The Morgan fingerprint density at radius 2 is 1.29 bits per heavy atom. The largest absolute Gasteiger partial charge is 0.493 e. The van der Waals surface area contributed by atoms with Crippen molar-refractivity contribution in [1.29, 1.82) is 0 Å². The first-order valence-corrected chi connectivity index (χ1v) is 5.01. The summed E-state index contributed by atoms with van der Waals surface area (Å²) in [6.45, 7) is 3.69. The van der Waals surface area contributed by atoms with Crippen molar-refractivity contribution in [3.05, 3.63) is 24.3 Å². The van der Waals surface area contributed by atoms with Crippen molar-refractivity contribution in [1.82, 2.24) is 0 Å². The fourth-order valence-electron chi connectivity index (χ4n) is 1.22. The first-order chi connectivity index (χ1) is 8.18. The van der Waals surface area contributed by atoms with Crippen LogP contribution in [0.3, 0.4) is 0 Å². The van der Waals surface area contributed by atoms with Gasteiger partial charge in [-0.05, 0) is 17.7 Å². The van der Waals surface area contributed by atoms with E-state index in [4.69, 9.17) is 14.2 Å². The fourth-order valence-corrected chi connectivity index (χ4v) is 1.22. The lowest BCUT2D eigenvalue weighted by Gasteiger charge is -2.12. The molecular formula is C13H20O4. The fraction of sp³-hybridized carbons (Fsp3) is 0.385. The summed E-state index contributed by atoms with van der Waals surface area (Å²) in [5.41, 5.74) is 0.930. The zero-order valence-electron chi connectivity index (χ0n) is 11.1. The predicted molar refractivity (Wildman–Crippen MR) is 69.1 cm³/mol. The average molecular weight is 240 g/mol. The van der Waals surface area contributed by atoms with E-state index in [1.165, 1.54) is 0 Å². The Kier molecular flexibility index (Phi) is 7.63. The number of hydrogen-bond acceptors (Lipinski definition) is 4. The van der Waals surface area contributed by atoms with Crippen molar-refractivity contribution in [2.75, 3.05) is 35.5 Å². The third kappa shape index (κ3) is 4.36. The SMILES string of the molecule is C=Cc1cc(OC)c(OC)c(OC)c1.COC. The zero-order valence-corrected chi connectivity index (χ0v) is 11.1. The van der Waals surface area contributed by atoms with E-state index in [9.17, 15) is 0 Å². The maximum Gasteiger partial charge on any atom is 0.203 e. The molecule has 1 aromatic rings. The quantitative estimate of drug-likeness (QED) is 0.810. The molecule has 0 unspecified atom stereocenters. The molecule has 4 nitrogen and oxygen atoms in total. The molecule has 1 aromatic carbocycles. The van der Waals surface area contributed by atoms with Crippen LogP contribution in [0, 0.1) is 0 Å². The number of rotatable bonds is 4. The Bertz CT molecular complexity index is 322. The second-order valence-corrected chi connectivity index (χ2v) is 3.07. The van der Waals surface area contributed by atoms with E-state index >= 15 is 0 Å². The van der Waals surface area contributed by atoms with Crippen LogP contribution in [0.5, 0.6) is 17.2 Å². The maximum atomic E-state index is 5.17. The van der Waals surface area contributed by atoms with Crippen LogP contribution >= 0.6 is 0 Å². The van der Waals surface area contributed by atoms with Gasteiger partial charge in [0.2, 0.25) is 5.75 Å². The van der Waals surface area contributed by atoms with E-state index in [0.29, 0.717) is 17.2 Å². The lowest BCUT2D eigenvalue weighted by molar-refractivity contribution is 0.277. The summed E-state index contributed by atoms with van der Waals surface area (Å²) in [5.74, 6) is 1.88. The molecule has 0 bridgehead atoms. The third-order valence-electron chi connectivity index (χ3n) is 1.92. The molecule has 0 aliphatic rings. The number of hydrogen-bond donors (Lipinski definition) is 0. The topological polar surface area (TPSA) is 36.9 Å². The smallest absolute Gasteiger partial charge is 0.203 e. The summed E-state index contributed by atoms with van der Waals surface area (Å²) in [6, 6.07) is 3.68. The van der Waals surface area contributed by atoms with Crippen LogP contribution in [0.25, 0.3) is 6.08 Å². The second kappa shape index (κ2) is 8.47. The first kappa shape index (κ1) is 15.3. The van der Waals surface area contributed by atoms with Gasteiger partial charge in [0, 0.05) is 14.2 Å². The van der Waals surface area contributed by atoms with Gasteiger partial charge in [-0.3, -0.25) is 0 Å². The van der Waals surface area contributed by atoms with E-state index in [0.717, 1.165) is 5.56 Å². The van der Waals surface area contributed by atoms with Gasteiger partial charge in [0.15, 0.2) is 11.5 Å². The first-order valence-electron chi connectivity index (χ1n) is 5.01. The molecule has 0 fully saturated rings. The molecule has 0 aliphatic heterocycles. The molecule has 0 amide bonds. The molecule has 96 valence electrons. The summed E-state index contributed by atoms with van der Waals surface area (Å²) in [4.78, 5) is 0. The van der Waals surface area contributed by atoms with Gasteiger partial charge in [-0.15, -0.1) is 0 Å². The van der Waals surface area contributed by atoms with Crippen LogP contribution in [-0.4, -0.2) is 35.5 Å². The molecule has 0 atom stereocenters. The monoisotopic (exact) mass is 240 g/mol. The molecule has 0 saturated heterocycles. The predicted octanol–water partition coefficient (Wildman–Crippen LogP) is 2.62. The molecule has 0 spiro atoms. The molecule has 4 heteroatoms. The lowest BCUT2D eigenvalue weighted by Crippen LogP contribution is -1.95. The minimum absolute atomic E-state index is 0.598. The molecule has 0 aromatic heterocycles. The van der Waals surface area contributed by atoms with Crippen molar-refractivity contribution < 1.29 is 18.9 Å². The summed E-state index contributed by atoms with van der Waals surface area (Å²) in [6.07, 6.45) is 1.73. The lowest BCUT2D eigenvalue weighted by atomic mass is 10.2. The minimum Gasteiger partial charge on any atom is -0.493 e. The molecule has 0 N–H and O–H groups in total. The molecule has 0 saturated carbocycles. The van der Waals surface area contributed by atoms with Gasteiger partial charge in [-0.25, -0.2) is 0 Å². The molecular weight excluding hydrogens is 220 g/mol. The second-order valence-electron chi connectivity index (χ2n) is 3.07. The summed E-state index contributed by atoms with van der Waals surface area (Å²) < 4.78 is 19.8. The summed E-state index contributed by atoms with van der Waals surface area (Å²) in [7, 11) is 8.00. The van der Waals surface area contributed by atoms with Crippen molar-refractivity contribution in [2.24, 2.45) is 0 Å². The van der Waals surface area contributed by atoms with Gasteiger partial charge in [-0.2, -0.15) is 0 Å². The van der Waals surface area contributed by atoms with E-state index in [1.54, 1.807) is 41.6 Å². The standard InChI is InChI=1S/C11H14O3.C2H6O/c1-5-8-6-9(12-2)11(14-4)10(7-8)13-3;1-3-2/h5-7H,1H2,2-4H3;1-2H3. The molecule has 1 rings (SSSR count). The van der Waals surface area contributed by atoms with Crippen LogP contribution < -0.4 is 14.2 Å². The van der Waals surface area contributed by atoms with Crippen LogP contribution in [0.2, 0.25) is 0 Å². The highest BCUT2D eigenvalue weighted by Crippen LogP contribution is 2.38. The Hall–Kier alpha value is -1.68. The van der Waals surface area contributed by atoms with Crippen LogP contribution in [0.4, 0.5) is 0 Å². The van der Waals surface area contributed by atoms with E-state index < -0.39 is 0 Å². The van der Waals surface area contributed by atoms with Crippen LogP contribution in [-0.2, 0) is 4.74 Å².